The van der Waals surface area contributed by atoms with Gasteiger partial charge in [-0.3, -0.25) is 0 Å². The summed E-state index contributed by atoms with van der Waals surface area (Å²) in [4.78, 5) is 1.06. The number of hydrogen-bond acceptors (Lipinski definition) is 6. The largest absolute Gasteiger partial charge is 0.744 e. The second-order valence-electron chi connectivity index (χ2n) is 5.43. The molecule has 0 amide bonds. The average Bonchev–Trinajstić information content (AvgIpc) is 2.58. The van der Waals surface area contributed by atoms with Crippen LogP contribution in [0.1, 0.15) is 11.1 Å². The predicted octanol–water partition coefficient (Wildman–Crippen LogP) is 3.01. The van der Waals surface area contributed by atoms with Crippen LogP contribution in [0.3, 0.4) is 0 Å². The SMILES string of the molecule is N#Cc1cc(C(F)(F)F)ccc1N1CCOc2cc(S(=O)(=O)[O-])ccc21. The Bertz CT molecular complexity index is 1010. The van der Waals surface area contributed by atoms with Crippen LogP contribution in [0.2, 0.25) is 0 Å². The fourth-order valence-electron chi connectivity index (χ4n) is 2.64. The maximum Gasteiger partial charge on any atom is 0.416 e. The number of rotatable bonds is 2. The quantitative estimate of drug-likeness (QED) is 0.740. The monoisotopic (exact) mass is 383 g/mol. The van der Waals surface area contributed by atoms with Gasteiger partial charge in [0.1, 0.15) is 28.5 Å². The van der Waals surface area contributed by atoms with Crippen LogP contribution in [0, 0.1) is 11.3 Å². The van der Waals surface area contributed by atoms with Crippen molar-refractivity contribution in [1.29, 1.82) is 5.26 Å². The minimum absolute atomic E-state index is 0.0944. The van der Waals surface area contributed by atoms with Crippen molar-refractivity contribution in [3.05, 3.63) is 47.5 Å². The molecule has 3 rings (SSSR count). The van der Waals surface area contributed by atoms with E-state index < -0.39 is 26.8 Å². The number of nitriles is 1. The van der Waals surface area contributed by atoms with Crippen molar-refractivity contribution in [3.8, 4) is 11.8 Å². The standard InChI is InChI=1S/C16H11F3N2O4S/c17-16(18,19)11-1-3-13(10(7-11)9-20)21-5-6-25-15-8-12(26(22,23)24)2-4-14(15)21/h1-4,7-8H,5-6H2,(H,22,23,24)/p-1. The van der Waals surface area contributed by atoms with Gasteiger partial charge < -0.3 is 14.2 Å². The molecule has 0 N–H and O–H groups in total. The molecule has 0 atom stereocenters. The van der Waals surface area contributed by atoms with Crippen molar-refractivity contribution in [3.63, 3.8) is 0 Å². The molecule has 26 heavy (non-hydrogen) atoms. The molecule has 0 unspecified atom stereocenters. The van der Waals surface area contributed by atoms with E-state index in [-0.39, 0.29) is 30.2 Å². The van der Waals surface area contributed by atoms with E-state index in [4.69, 9.17) is 4.74 Å². The van der Waals surface area contributed by atoms with Crippen molar-refractivity contribution < 1.29 is 30.9 Å². The van der Waals surface area contributed by atoms with E-state index >= 15 is 0 Å². The van der Waals surface area contributed by atoms with Gasteiger partial charge >= 0.3 is 6.18 Å². The Balaban J connectivity index is 2.09. The molecule has 1 aliphatic rings. The van der Waals surface area contributed by atoms with E-state index in [1.165, 1.54) is 12.1 Å². The van der Waals surface area contributed by atoms with E-state index in [2.05, 4.69) is 0 Å². The Morgan fingerprint density at radius 2 is 1.85 bits per heavy atom. The lowest BCUT2D eigenvalue weighted by molar-refractivity contribution is -0.137. The molecule has 1 aliphatic heterocycles. The Hall–Kier alpha value is -2.77. The average molecular weight is 383 g/mol. The number of anilines is 2. The number of nitrogens with zero attached hydrogens (tertiary/aromatic N) is 2. The van der Waals surface area contributed by atoms with Crippen LogP contribution in [0.4, 0.5) is 24.5 Å². The van der Waals surface area contributed by atoms with Crippen LogP contribution in [-0.4, -0.2) is 26.1 Å². The predicted molar refractivity (Wildman–Crippen MR) is 83.1 cm³/mol. The molecule has 2 aromatic rings. The molecular formula is C16H10F3N2O4S-. The second-order valence-corrected chi connectivity index (χ2v) is 6.80. The van der Waals surface area contributed by atoms with Gasteiger partial charge in [-0.25, -0.2) is 8.42 Å². The fourth-order valence-corrected chi connectivity index (χ4v) is 3.13. The molecule has 136 valence electrons. The summed E-state index contributed by atoms with van der Waals surface area (Å²) in [6.07, 6.45) is -4.58. The Kier molecular flexibility index (Phi) is 4.29. The molecule has 0 aromatic heterocycles. The van der Waals surface area contributed by atoms with E-state index in [1.54, 1.807) is 11.0 Å². The van der Waals surface area contributed by atoms with Crippen LogP contribution < -0.4 is 9.64 Å². The molecule has 0 radical (unpaired) electrons. The van der Waals surface area contributed by atoms with Crippen molar-refractivity contribution >= 4 is 21.5 Å². The normalized spacial score (nSPS) is 14.3. The highest BCUT2D eigenvalue weighted by Gasteiger charge is 2.32. The summed E-state index contributed by atoms with van der Waals surface area (Å²) in [5, 5.41) is 9.24. The summed E-state index contributed by atoms with van der Waals surface area (Å²) in [5.74, 6) is 0.0944. The first-order valence-electron chi connectivity index (χ1n) is 7.23. The number of ether oxygens (including phenoxy) is 1. The Morgan fingerprint density at radius 1 is 1.15 bits per heavy atom. The first-order chi connectivity index (χ1) is 12.1. The highest BCUT2D eigenvalue weighted by Crippen LogP contribution is 2.40. The first kappa shape index (κ1) is 18.0. The van der Waals surface area contributed by atoms with E-state index in [1.807, 2.05) is 0 Å². The van der Waals surface area contributed by atoms with Gasteiger partial charge in [0.15, 0.2) is 0 Å². The van der Waals surface area contributed by atoms with Crippen molar-refractivity contribution in [1.82, 2.24) is 0 Å². The molecule has 0 spiro atoms. The number of benzene rings is 2. The van der Waals surface area contributed by atoms with Gasteiger partial charge in [-0.2, -0.15) is 18.4 Å². The maximum absolute atomic E-state index is 12.8. The van der Waals surface area contributed by atoms with Crippen LogP contribution in [-0.2, 0) is 16.3 Å². The van der Waals surface area contributed by atoms with Crippen molar-refractivity contribution in [2.45, 2.75) is 11.1 Å². The maximum atomic E-state index is 12.8. The summed E-state index contributed by atoms with van der Waals surface area (Å²) < 4.78 is 77.3. The Morgan fingerprint density at radius 3 is 2.46 bits per heavy atom. The third-order valence-electron chi connectivity index (χ3n) is 3.82. The second kappa shape index (κ2) is 6.19. The molecule has 6 nitrogen and oxygen atoms in total. The zero-order chi connectivity index (χ0) is 19.1. The molecule has 10 heteroatoms. The lowest BCUT2D eigenvalue weighted by Gasteiger charge is -2.32. The minimum atomic E-state index is -4.68. The number of halogens is 3. The summed E-state index contributed by atoms with van der Waals surface area (Å²) >= 11 is 0. The molecule has 0 saturated carbocycles. The van der Waals surface area contributed by atoms with Crippen molar-refractivity contribution in [2.75, 3.05) is 18.1 Å². The van der Waals surface area contributed by atoms with Gasteiger partial charge in [0.25, 0.3) is 0 Å². The van der Waals surface area contributed by atoms with Crippen LogP contribution in [0.15, 0.2) is 41.3 Å². The summed E-state index contributed by atoms with van der Waals surface area (Å²) in [5.41, 5.74) is -0.560. The summed E-state index contributed by atoms with van der Waals surface area (Å²) in [6, 6.07) is 7.99. The highest BCUT2D eigenvalue weighted by molar-refractivity contribution is 7.85. The molecule has 0 bridgehead atoms. The van der Waals surface area contributed by atoms with Crippen molar-refractivity contribution in [2.24, 2.45) is 0 Å². The van der Waals surface area contributed by atoms with Gasteiger partial charge in [0.05, 0.1) is 33.9 Å². The van der Waals surface area contributed by atoms with Gasteiger partial charge in [0.2, 0.25) is 0 Å². The minimum Gasteiger partial charge on any atom is -0.744 e. The molecule has 0 fully saturated rings. The smallest absolute Gasteiger partial charge is 0.416 e. The molecule has 1 heterocycles. The zero-order valence-corrected chi connectivity index (χ0v) is 13.8. The molecular weight excluding hydrogens is 373 g/mol. The fraction of sp³-hybridized carbons (Fsp3) is 0.188. The molecule has 0 saturated heterocycles. The lowest BCUT2D eigenvalue weighted by atomic mass is 10.1. The zero-order valence-electron chi connectivity index (χ0n) is 12.9. The summed E-state index contributed by atoms with van der Waals surface area (Å²) in [6.45, 7) is 0.331. The van der Waals surface area contributed by atoms with Gasteiger partial charge in [-0.1, -0.05) is 0 Å². The Labute approximate surface area is 146 Å². The van der Waals surface area contributed by atoms with E-state index in [0.717, 1.165) is 24.3 Å². The molecule has 0 aliphatic carbocycles. The van der Waals surface area contributed by atoms with Gasteiger partial charge in [-0.15, -0.1) is 0 Å². The van der Waals surface area contributed by atoms with Gasteiger partial charge in [-0.05, 0) is 36.4 Å². The van der Waals surface area contributed by atoms with Crippen LogP contribution in [0.25, 0.3) is 0 Å². The highest BCUT2D eigenvalue weighted by atomic mass is 32.2. The van der Waals surface area contributed by atoms with Gasteiger partial charge in [0, 0.05) is 0 Å². The number of hydrogen-bond donors (Lipinski definition) is 0. The van der Waals surface area contributed by atoms with Crippen LogP contribution in [0.5, 0.6) is 5.75 Å². The third kappa shape index (κ3) is 3.31. The summed E-state index contributed by atoms with van der Waals surface area (Å²) in [7, 11) is -4.68. The number of fused-ring (bicyclic) bond motifs is 1. The number of alkyl halides is 3. The van der Waals surface area contributed by atoms with E-state index in [0.29, 0.717) is 5.69 Å². The topological polar surface area (TPSA) is 93.5 Å². The molecule has 2 aromatic carbocycles. The van der Waals surface area contributed by atoms with Crippen LogP contribution >= 0.6 is 0 Å². The third-order valence-corrected chi connectivity index (χ3v) is 4.65. The lowest BCUT2D eigenvalue weighted by Crippen LogP contribution is -2.29. The van der Waals surface area contributed by atoms with E-state index in [9.17, 15) is 31.4 Å². The first-order valence-corrected chi connectivity index (χ1v) is 8.64.